The van der Waals surface area contributed by atoms with E-state index in [1.807, 2.05) is 69.3 Å². The highest BCUT2D eigenvalue weighted by atomic mass is 32.2. The summed E-state index contributed by atoms with van der Waals surface area (Å²) in [5.41, 5.74) is 8.64. The van der Waals surface area contributed by atoms with Gasteiger partial charge in [0.15, 0.2) is 5.78 Å². The molecule has 832 valence electrons. The molecule has 6 aromatic carbocycles. The normalized spacial score (nSPS) is 19.7. The van der Waals surface area contributed by atoms with Crippen molar-refractivity contribution in [3.8, 4) is 0 Å². The number of piperidine rings is 6. The summed E-state index contributed by atoms with van der Waals surface area (Å²) in [5.74, 6) is 0.241. The van der Waals surface area contributed by atoms with Gasteiger partial charge < -0.3 is 75.5 Å². The van der Waals surface area contributed by atoms with Crippen LogP contribution in [0.25, 0.3) is 0 Å². The van der Waals surface area contributed by atoms with Crippen molar-refractivity contribution in [1.82, 2.24) is 52.4 Å². The lowest BCUT2D eigenvalue weighted by molar-refractivity contribution is -0.119. The number of ketones is 2. The molecule has 0 spiro atoms. The molecule has 150 heavy (non-hydrogen) atoms. The molecule has 6 aromatic rings. The van der Waals surface area contributed by atoms with Gasteiger partial charge in [0.25, 0.3) is 0 Å². The van der Waals surface area contributed by atoms with Crippen molar-refractivity contribution in [1.29, 1.82) is 0 Å². The standard InChI is InChI=1S/C23H38N4O4S.C22H27N3O4S.C21H34N4O6S2.C20H30N4O4S.C18H29N3O4S/c1-15(2)32(29,30)25-20-9-11-26(12-10-20)23(28)24-21-7-8-22(19(6)18(21)5)27-13-16(3)31-17(4)14-27;1-16(2)30(28,29)24-20-12-14-25(15-13-20)22(27)23-19-10-8-18(9-11-19)21(26)17-6-4-3-5-7-17;1-15(2)32(27,28)23-18-8-10-24(11-9-18)21(26)22-19-6-5-7-20(12-19)33(29,30)25-13-16(3)31-17(4)14-25;1-15(2)29(27,28)22-17-7-11-24(12-8-17)20(26)21-16-3-5-18(6-4-16)23-13-9-19(25)10-14-23;1-13(2)26(24,25)20-16-9-11-21(12-10-16)17(22)19-15-7-5-14(6-8-15)18(3,4)23/h7-8,15-17,20,25H,9-14H2,1-6H3,(H,24,28);3-11,16,20,24H,12-15H2,1-2H3,(H,23,27);5-7,12,15-18,23H,8-11,13-14H2,1-4H3,(H,22,26);3-6,15,17,22H,7-14H2,1-2H3,(H,21,26);5-8,13,16,20,23H,9-12H2,1-4H3,(H,19,22)/t16-,17+;;16-,17+;;. The van der Waals surface area contributed by atoms with Crippen LogP contribution in [0.1, 0.15) is 220 Å². The molecule has 8 saturated heterocycles. The summed E-state index contributed by atoms with van der Waals surface area (Å²) in [6.07, 6.45) is 6.95. The van der Waals surface area contributed by atoms with Crippen LogP contribution in [0.3, 0.4) is 0 Å². The molecule has 8 heterocycles. The smallest absolute Gasteiger partial charge is 0.321 e. The molecular weight excluding hydrogens is 2050 g/mol. The number of rotatable bonds is 27. The number of nitrogens with one attached hydrogen (secondary N) is 10. The van der Waals surface area contributed by atoms with Gasteiger partial charge >= 0.3 is 30.2 Å². The van der Waals surface area contributed by atoms with Crippen molar-refractivity contribution in [2.75, 3.05) is 141 Å². The summed E-state index contributed by atoms with van der Waals surface area (Å²) in [6, 6.07) is 39.0. The fraction of sp³-hybridized carbons (Fsp3) is 0.587. The van der Waals surface area contributed by atoms with Crippen LogP contribution < -0.4 is 60.0 Å². The molecule has 8 fully saturated rings. The molecule has 8 aliphatic rings. The van der Waals surface area contributed by atoms with Gasteiger partial charge in [-0.2, -0.15) is 4.31 Å². The Kier molecular flexibility index (Phi) is 44.0. The highest BCUT2D eigenvalue weighted by Gasteiger charge is 2.38. The molecule has 0 aliphatic carbocycles. The van der Waals surface area contributed by atoms with Gasteiger partial charge in [-0.25, -0.2) is 98.1 Å². The maximum absolute atomic E-state index is 13.1. The molecular formula is C104H158N18O22S6. The number of likely N-dealkylation sites (tertiary alicyclic amines) is 5. The third-order valence-corrected chi connectivity index (χ3v) is 39.0. The number of hydrogen-bond donors (Lipinski definition) is 11. The number of urea groups is 5. The Morgan fingerprint density at radius 2 is 0.653 bits per heavy atom. The average molecular weight is 2200 g/mol. The van der Waals surface area contributed by atoms with Crippen LogP contribution in [0.4, 0.5) is 63.8 Å². The topological polar surface area (TPSA) is 509 Å². The Balaban J connectivity index is 0.000000192. The summed E-state index contributed by atoms with van der Waals surface area (Å²) in [6.45, 7) is 40.4. The second kappa shape index (κ2) is 54.2. The van der Waals surface area contributed by atoms with Gasteiger partial charge in [0, 0.05) is 199 Å². The number of amides is 10. The Morgan fingerprint density at radius 1 is 0.347 bits per heavy atom. The number of anilines is 7. The molecule has 0 radical (unpaired) electrons. The predicted molar refractivity (Wildman–Crippen MR) is 588 cm³/mol. The lowest BCUT2D eigenvalue weighted by atomic mass is 9.98. The van der Waals surface area contributed by atoms with Gasteiger partial charge in [0.2, 0.25) is 60.1 Å². The second-order valence-electron chi connectivity index (χ2n) is 41.6. The van der Waals surface area contributed by atoms with E-state index in [-0.39, 0.29) is 109 Å². The van der Waals surface area contributed by atoms with Gasteiger partial charge in [-0.3, -0.25) is 9.59 Å². The fourth-order valence-electron chi connectivity index (χ4n) is 17.9. The molecule has 0 aromatic heterocycles. The maximum Gasteiger partial charge on any atom is 0.321 e. The summed E-state index contributed by atoms with van der Waals surface area (Å²) in [5, 5.41) is 22.0. The number of hydrogen-bond acceptors (Lipinski definition) is 24. The second-order valence-corrected chi connectivity index (χ2v) is 54.9. The molecule has 10 amide bonds. The number of carbonyl (C=O) groups is 7. The van der Waals surface area contributed by atoms with Crippen LogP contribution in [-0.4, -0.2) is 312 Å². The van der Waals surface area contributed by atoms with E-state index in [1.54, 1.807) is 180 Å². The Hall–Kier alpha value is -10.0. The number of Topliss-reactive ketones (excluding diaryl/α,β-unsaturated/α-hetero) is 1. The zero-order chi connectivity index (χ0) is 110. The van der Waals surface area contributed by atoms with E-state index in [2.05, 4.69) is 86.8 Å². The minimum Gasteiger partial charge on any atom is -0.386 e. The van der Waals surface area contributed by atoms with Crippen LogP contribution >= 0.6 is 0 Å². The third-order valence-electron chi connectivity index (χ3n) is 27.6. The van der Waals surface area contributed by atoms with Crippen LogP contribution in [0.15, 0.2) is 144 Å². The summed E-state index contributed by atoms with van der Waals surface area (Å²) < 4.78 is 173. The quantitative estimate of drug-likeness (QED) is 0.0213. The van der Waals surface area contributed by atoms with Gasteiger partial charge in [-0.1, -0.05) is 48.5 Å². The molecule has 11 N–H and O–H groups in total. The highest BCUT2D eigenvalue weighted by molar-refractivity contribution is 7.91. The van der Waals surface area contributed by atoms with Crippen molar-refractivity contribution in [3.63, 3.8) is 0 Å². The number of aliphatic hydroxyl groups is 1. The molecule has 46 heteroatoms. The molecule has 40 nitrogen and oxygen atoms in total. The molecule has 0 unspecified atom stereocenters. The molecule has 0 saturated carbocycles. The number of sulfonamides is 6. The number of carbonyl (C=O) groups excluding carboxylic acids is 7. The SMILES string of the molecule is CC(C)S(=O)(=O)NC1CCN(C(=O)Nc2ccc(C(=O)c3ccccc3)cc2)CC1.CC(C)S(=O)(=O)NC1CCN(C(=O)Nc2ccc(C(C)(C)O)cc2)CC1.CC(C)S(=O)(=O)NC1CCN(C(=O)Nc2ccc(N3CCC(=O)CC3)cc2)CC1.CC(C)S(=O)(=O)NC1CCN(C(=O)Nc2cccc(S(=O)(=O)N3C[C@@H](C)O[C@@H](C)C3)c2)CC1.Cc1c(NC(=O)N2CCC(NS(=O)(=O)C(C)C)CC2)ccc(N2C[C@@H](C)O[C@@H](C)C2)c1C. The van der Waals surface area contributed by atoms with Crippen molar-refractivity contribution >= 4 is 142 Å². The van der Waals surface area contributed by atoms with E-state index in [0.29, 0.717) is 176 Å². The number of nitrogens with zero attached hydrogens (tertiary/aromatic N) is 8. The van der Waals surface area contributed by atoms with E-state index >= 15 is 0 Å². The van der Waals surface area contributed by atoms with Gasteiger partial charge in [-0.15, -0.1) is 0 Å². The molecule has 0 bridgehead atoms. The largest absolute Gasteiger partial charge is 0.386 e. The zero-order valence-corrected chi connectivity index (χ0v) is 94.6. The first-order valence-electron chi connectivity index (χ1n) is 51.9. The molecule has 4 atom stereocenters. The predicted octanol–water partition coefficient (Wildman–Crippen LogP) is 12.7. The fourth-order valence-corrected chi connectivity index (χ4v) is 24.4. The van der Waals surface area contributed by atoms with Crippen molar-refractivity contribution < 1.29 is 98.6 Å². The van der Waals surface area contributed by atoms with Gasteiger partial charge in [-0.05, 0) is 297 Å². The van der Waals surface area contributed by atoms with Crippen LogP contribution in [0.2, 0.25) is 0 Å². The van der Waals surface area contributed by atoms with Crippen molar-refractivity contribution in [3.05, 3.63) is 167 Å². The zero-order valence-electron chi connectivity index (χ0n) is 89.7. The van der Waals surface area contributed by atoms with Crippen molar-refractivity contribution in [2.24, 2.45) is 0 Å². The lowest BCUT2D eigenvalue weighted by Gasteiger charge is -2.38. The van der Waals surface area contributed by atoms with Crippen LogP contribution in [0.5, 0.6) is 0 Å². The number of benzene rings is 6. The monoisotopic (exact) mass is 2200 g/mol. The first kappa shape index (κ1) is 122. The Bertz CT molecular complexity index is 6220. The molecule has 8 aliphatic heterocycles. The lowest BCUT2D eigenvalue weighted by Crippen LogP contribution is -2.48. The van der Waals surface area contributed by atoms with Gasteiger partial charge in [0.05, 0.1) is 61.2 Å². The molecule has 14 rings (SSSR count). The first-order valence-corrected chi connectivity index (χ1v) is 61.0. The summed E-state index contributed by atoms with van der Waals surface area (Å²) in [4.78, 5) is 99.9. The Morgan fingerprint density at radius 3 is 0.987 bits per heavy atom. The van der Waals surface area contributed by atoms with E-state index in [0.717, 1.165) is 59.9 Å². The van der Waals surface area contributed by atoms with Gasteiger partial charge in [0.1, 0.15) is 5.78 Å². The van der Waals surface area contributed by atoms with Crippen LogP contribution in [-0.2, 0) is 80.0 Å². The van der Waals surface area contributed by atoms with E-state index < -0.39 is 92.0 Å². The Labute approximate surface area is 888 Å². The first-order chi connectivity index (χ1) is 70.3. The van der Waals surface area contributed by atoms with Crippen LogP contribution in [0, 0.1) is 13.8 Å². The minimum atomic E-state index is -3.72. The number of ether oxygens (including phenoxy) is 2. The highest BCUT2D eigenvalue weighted by Crippen LogP contribution is 2.34. The van der Waals surface area contributed by atoms with E-state index in [4.69, 9.17) is 9.47 Å². The summed E-state index contributed by atoms with van der Waals surface area (Å²) >= 11 is 0. The average Bonchev–Trinajstić information content (AvgIpc) is 0.788. The van der Waals surface area contributed by atoms with E-state index in [9.17, 15) is 89.2 Å². The van der Waals surface area contributed by atoms with E-state index in [1.165, 1.54) is 22.1 Å². The number of morpholine rings is 2. The van der Waals surface area contributed by atoms with Crippen molar-refractivity contribution in [2.45, 2.75) is 293 Å². The maximum atomic E-state index is 13.1. The third kappa shape index (κ3) is 36.0. The minimum absolute atomic E-state index is 0.0700. The summed E-state index contributed by atoms with van der Waals surface area (Å²) in [7, 11) is -20.3.